The minimum atomic E-state index is -0.0370. The summed E-state index contributed by atoms with van der Waals surface area (Å²) in [6.07, 6.45) is 1.53. The van der Waals surface area contributed by atoms with Gasteiger partial charge in [-0.2, -0.15) is 4.98 Å². The Morgan fingerprint density at radius 1 is 1.00 bits per heavy atom. The van der Waals surface area contributed by atoms with Gasteiger partial charge in [0.1, 0.15) is 11.3 Å². The van der Waals surface area contributed by atoms with Crippen molar-refractivity contribution < 1.29 is 9.53 Å². The third-order valence-electron chi connectivity index (χ3n) is 7.62. The van der Waals surface area contributed by atoms with Crippen LogP contribution in [0.5, 0.6) is 5.88 Å². The van der Waals surface area contributed by atoms with Crippen LogP contribution in [0, 0.1) is 6.92 Å². The Kier molecular flexibility index (Phi) is 7.94. The molecule has 206 valence electrons. The maximum atomic E-state index is 13.6. The van der Waals surface area contributed by atoms with E-state index < -0.39 is 0 Å². The number of imidazole rings is 1. The summed E-state index contributed by atoms with van der Waals surface area (Å²) in [7, 11) is 3.43. The third kappa shape index (κ3) is 5.39. The lowest BCUT2D eigenvalue weighted by molar-refractivity contribution is -0.119. The molecular formula is C29H37N7O3. The summed E-state index contributed by atoms with van der Waals surface area (Å²) in [5.74, 6) is 1.43. The first kappa shape index (κ1) is 26.8. The second kappa shape index (κ2) is 11.5. The zero-order valence-electron chi connectivity index (χ0n) is 23.3. The smallest absolute Gasteiger partial charge is 0.277 e. The molecule has 0 spiro atoms. The van der Waals surface area contributed by atoms with Gasteiger partial charge in [0.25, 0.3) is 5.56 Å². The summed E-state index contributed by atoms with van der Waals surface area (Å²) in [6, 6.07) is 13.5. The summed E-state index contributed by atoms with van der Waals surface area (Å²) in [6.45, 7) is 9.30. The lowest BCUT2D eigenvalue weighted by Crippen LogP contribution is -2.50. The molecule has 0 saturated carbocycles. The van der Waals surface area contributed by atoms with Crippen molar-refractivity contribution in [3.63, 3.8) is 0 Å². The van der Waals surface area contributed by atoms with E-state index in [1.54, 1.807) is 18.1 Å². The molecule has 1 amide bonds. The molecule has 39 heavy (non-hydrogen) atoms. The molecule has 5 rings (SSSR count). The van der Waals surface area contributed by atoms with Crippen LogP contribution in [0.1, 0.15) is 24.9 Å². The molecule has 4 aromatic rings. The number of amides is 1. The number of ether oxygens (including phenoxy) is 1. The molecule has 0 N–H and O–H groups in total. The fourth-order valence-corrected chi connectivity index (χ4v) is 5.39. The van der Waals surface area contributed by atoms with Gasteiger partial charge in [-0.25, -0.2) is 4.98 Å². The van der Waals surface area contributed by atoms with Gasteiger partial charge < -0.3 is 19.1 Å². The molecular weight excluding hydrogens is 494 g/mol. The molecule has 1 aromatic carbocycles. The van der Waals surface area contributed by atoms with Crippen molar-refractivity contribution in [3.05, 3.63) is 64.3 Å². The average molecular weight is 532 g/mol. The van der Waals surface area contributed by atoms with Crippen LogP contribution in [-0.2, 0) is 17.8 Å². The highest BCUT2D eigenvalue weighted by Gasteiger charge is 2.22. The van der Waals surface area contributed by atoms with Gasteiger partial charge in [0.2, 0.25) is 11.8 Å². The minimum absolute atomic E-state index is 0.0370. The van der Waals surface area contributed by atoms with Gasteiger partial charge >= 0.3 is 0 Å². The highest BCUT2D eigenvalue weighted by atomic mass is 16.5. The summed E-state index contributed by atoms with van der Waals surface area (Å²) < 4.78 is 9.11. The molecule has 3 aromatic heterocycles. The van der Waals surface area contributed by atoms with Crippen LogP contribution in [-0.4, -0.2) is 88.1 Å². The Morgan fingerprint density at radius 3 is 2.41 bits per heavy atom. The summed E-state index contributed by atoms with van der Waals surface area (Å²) >= 11 is 0. The van der Waals surface area contributed by atoms with E-state index in [0.717, 1.165) is 61.9 Å². The van der Waals surface area contributed by atoms with Gasteiger partial charge in [0, 0.05) is 57.9 Å². The van der Waals surface area contributed by atoms with Crippen molar-refractivity contribution in [2.45, 2.75) is 33.2 Å². The Bertz CT molecular complexity index is 1520. The van der Waals surface area contributed by atoms with Crippen LogP contribution in [0.15, 0.2) is 47.3 Å². The first-order valence-corrected chi connectivity index (χ1v) is 13.6. The molecule has 4 heterocycles. The first-order valence-electron chi connectivity index (χ1n) is 13.6. The van der Waals surface area contributed by atoms with Crippen LogP contribution in [0.4, 0.5) is 5.69 Å². The highest BCUT2D eigenvalue weighted by Crippen LogP contribution is 2.21. The number of pyridine rings is 1. The second-order valence-electron chi connectivity index (χ2n) is 10.1. The topological polar surface area (TPSA) is 88.2 Å². The molecule has 10 nitrogen and oxygen atoms in total. The lowest BCUT2D eigenvalue weighted by atomic mass is 10.2. The Morgan fingerprint density at radius 2 is 1.72 bits per heavy atom. The molecule has 1 fully saturated rings. The first-order chi connectivity index (χ1) is 18.9. The number of methoxy groups -OCH3 is 1. The number of piperazine rings is 1. The van der Waals surface area contributed by atoms with E-state index in [4.69, 9.17) is 9.72 Å². The van der Waals surface area contributed by atoms with Crippen LogP contribution in [0.3, 0.4) is 0 Å². The Balaban J connectivity index is 1.23. The number of para-hydroxylation sites is 1. The molecule has 0 aliphatic carbocycles. The fraction of sp³-hybridized carbons (Fsp3) is 0.448. The van der Waals surface area contributed by atoms with E-state index in [-0.39, 0.29) is 11.5 Å². The van der Waals surface area contributed by atoms with Crippen LogP contribution in [0.25, 0.3) is 16.7 Å². The monoisotopic (exact) mass is 531 g/mol. The van der Waals surface area contributed by atoms with Crippen molar-refractivity contribution in [2.75, 3.05) is 58.3 Å². The Hall–Kier alpha value is -3.76. The van der Waals surface area contributed by atoms with E-state index >= 15 is 0 Å². The van der Waals surface area contributed by atoms with Gasteiger partial charge in [-0.1, -0.05) is 25.1 Å². The number of nitrogens with zero attached hydrogens (tertiary/aromatic N) is 7. The number of carbonyl (C=O) groups excluding carboxylic acids is 1. The number of carbonyl (C=O) groups is 1. The van der Waals surface area contributed by atoms with E-state index in [1.165, 1.54) is 0 Å². The minimum Gasteiger partial charge on any atom is -0.481 e. The number of fused-ring (bicyclic) bond motifs is 3. The van der Waals surface area contributed by atoms with Gasteiger partial charge in [0.05, 0.1) is 24.9 Å². The molecule has 1 saturated heterocycles. The number of hydrogen-bond acceptors (Lipinski definition) is 7. The number of aromatic nitrogens is 4. The molecule has 0 unspecified atom stereocenters. The molecule has 0 atom stereocenters. The highest BCUT2D eigenvalue weighted by molar-refractivity contribution is 5.94. The maximum absolute atomic E-state index is 13.6. The Labute approximate surface area is 228 Å². The largest absolute Gasteiger partial charge is 0.481 e. The van der Waals surface area contributed by atoms with Crippen LogP contribution in [0.2, 0.25) is 0 Å². The fourth-order valence-electron chi connectivity index (χ4n) is 5.39. The normalized spacial score (nSPS) is 14.8. The molecule has 1 aliphatic rings. The predicted molar refractivity (Wildman–Crippen MR) is 153 cm³/mol. The molecule has 0 bridgehead atoms. The summed E-state index contributed by atoms with van der Waals surface area (Å²) in [5, 5.41) is 0. The van der Waals surface area contributed by atoms with Gasteiger partial charge in [-0.05, 0) is 38.1 Å². The van der Waals surface area contributed by atoms with E-state index in [1.807, 2.05) is 66.3 Å². The number of likely N-dealkylation sites (N-methyl/N-ethyl adjacent to an activating group) is 1. The molecule has 1 aliphatic heterocycles. The van der Waals surface area contributed by atoms with Crippen molar-refractivity contribution in [1.82, 2.24) is 28.7 Å². The quantitative estimate of drug-likeness (QED) is 0.328. The average Bonchev–Trinajstić information content (AvgIpc) is 3.32. The van der Waals surface area contributed by atoms with Gasteiger partial charge in [-0.15, -0.1) is 0 Å². The van der Waals surface area contributed by atoms with Crippen LogP contribution >= 0.6 is 0 Å². The van der Waals surface area contributed by atoms with Gasteiger partial charge in [0.15, 0.2) is 5.65 Å². The molecule has 10 heteroatoms. The zero-order valence-corrected chi connectivity index (χ0v) is 23.3. The summed E-state index contributed by atoms with van der Waals surface area (Å²) in [4.78, 5) is 42.1. The van der Waals surface area contributed by atoms with Crippen molar-refractivity contribution >= 4 is 28.3 Å². The zero-order chi connectivity index (χ0) is 27.5. The third-order valence-corrected chi connectivity index (χ3v) is 7.62. The number of rotatable bonds is 9. The number of anilines is 1. The number of aryl methyl sites for hydroxylation is 3. The number of benzene rings is 1. The summed E-state index contributed by atoms with van der Waals surface area (Å²) in [5.41, 5.74) is 3.66. The van der Waals surface area contributed by atoms with Crippen LogP contribution < -0.4 is 15.2 Å². The van der Waals surface area contributed by atoms with Crippen molar-refractivity contribution in [3.8, 4) is 5.88 Å². The second-order valence-corrected chi connectivity index (χ2v) is 10.1. The standard InChI is InChI=1S/C29H37N7O3/c1-5-24-30-21(2)27-29(38)35(23-12-13-25(39-4)31-28(23)36(24)27)15-9-14-33-16-18-34(19-17-33)20-26(37)32(3)22-10-7-6-8-11-22/h6-8,10-13H,5,9,14-20H2,1-4H3. The maximum Gasteiger partial charge on any atom is 0.277 e. The molecule has 0 radical (unpaired) electrons. The predicted octanol–water partition coefficient (Wildman–Crippen LogP) is 2.59. The SMILES string of the molecule is CCc1nc(C)c2c(=O)n(CCCN3CCN(CC(=O)N(C)c4ccccc4)CC3)c3ccc(OC)nc3n12. The van der Waals surface area contributed by atoms with E-state index in [9.17, 15) is 9.59 Å². The van der Waals surface area contributed by atoms with Crippen molar-refractivity contribution in [2.24, 2.45) is 0 Å². The lowest BCUT2D eigenvalue weighted by Gasteiger charge is -2.35. The van der Waals surface area contributed by atoms with Gasteiger partial charge in [-0.3, -0.25) is 18.9 Å². The van der Waals surface area contributed by atoms with E-state index in [2.05, 4.69) is 14.8 Å². The van der Waals surface area contributed by atoms with Crippen molar-refractivity contribution in [1.29, 1.82) is 0 Å². The van der Waals surface area contributed by atoms with E-state index in [0.29, 0.717) is 36.6 Å². The number of hydrogen-bond donors (Lipinski definition) is 0.